The molecule has 4 rings (SSSR count). The number of H-pyrrole nitrogens is 1. The Morgan fingerprint density at radius 1 is 1.00 bits per heavy atom. The number of aromatic amines is 1. The lowest BCUT2D eigenvalue weighted by molar-refractivity contribution is -0.133. The maximum absolute atomic E-state index is 12.4. The Morgan fingerprint density at radius 2 is 1.70 bits per heavy atom. The molecule has 0 bridgehead atoms. The molecule has 166 valence electrons. The Morgan fingerprint density at radius 3 is 2.39 bits per heavy atom. The first-order valence-electron chi connectivity index (χ1n) is 10.3. The third-order valence-electron chi connectivity index (χ3n) is 4.85. The molecule has 8 heteroatoms. The predicted molar refractivity (Wildman–Crippen MR) is 124 cm³/mol. The Balaban J connectivity index is 1.53. The number of hydrogen-bond acceptors (Lipinski definition) is 6. The summed E-state index contributed by atoms with van der Waals surface area (Å²) >= 11 is 0. The fraction of sp³-hybridized carbons (Fsp3) is 0.120. The molecule has 0 saturated heterocycles. The van der Waals surface area contributed by atoms with Crippen LogP contribution in [0.5, 0.6) is 11.5 Å². The van der Waals surface area contributed by atoms with Gasteiger partial charge in [0.25, 0.3) is 0 Å². The maximum Gasteiger partial charge on any atom is 0.364 e. The van der Waals surface area contributed by atoms with E-state index in [9.17, 15) is 9.59 Å². The fourth-order valence-corrected chi connectivity index (χ4v) is 3.24. The van der Waals surface area contributed by atoms with Crippen LogP contribution in [-0.4, -0.2) is 34.2 Å². The number of methoxy groups -OCH3 is 1. The summed E-state index contributed by atoms with van der Waals surface area (Å²) in [5.41, 5.74) is 2.03. The van der Waals surface area contributed by atoms with E-state index in [1.165, 1.54) is 18.0 Å². The van der Waals surface area contributed by atoms with Gasteiger partial charge in [0.05, 0.1) is 19.7 Å². The van der Waals surface area contributed by atoms with Crippen LogP contribution in [0.4, 0.5) is 0 Å². The zero-order valence-electron chi connectivity index (χ0n) is 18.0. The molecular formula is C25H22N4O4. The maximum atomic E-state index is 12.4. The zero-order valence-corrected chi connectivity index (χ0v) is 18.0. The minimum Gasteiger partial charge on any atom is -0.493 e. The van der Waals surface area contributed by atoms with Gasteiger partial charge in [0.15, 0.2) is 17.3 Å². The van der Waals surface area contributed by atoms with Gasteiger partial charge in [-0.3, -0.25) is 4.79 Å². The molecule has 0 radical (unpaired) electrons. The van der Waals surface area contributed by atoms with Gasteiger partial charge in [-0.15, -0.1) is 0 Å². The van der Waals surface area contributed by atoms with E-state index in [0.29, 0.717) is 23.6 Å². The third kappa shape index (κ3) is 5.62. The van der Waals surface area contributed by atoms with E-state index in [1.54, 1.807) is 18.2 Å². The molecular weight excluding hydrogens is 420 g/mol. The van der Waals surface area contributed by atoms with Gasteiger partial charge in [0.2, 0.25) is 0 Å². The van der Waals surface area contributed by atoms with Crippen LogP contribution in [0.3, 0.4) is 0 Å². The minimum atomic E-state index is -0.444. The van der Waals surface area contributed by atoms with Crippen molar-refractivity contribution in [3.8, 4) is 11.5 Å². The Hall–Kier alpha value is -4.46. The summed E-state index contributed by atoms with van der Waals surface area (Å²) in [6.07, 6.45) is 2.08. The van der Waals surface area contributed by atoms with Crippen molar-refractivity contribution in [3.63, 3.8) is 0 Å². The topological polar surface area (TPSA) is 98.6 Å². The highest BCUT2D eigenvalue weighted by molar-refractivity contribution is 5.82. The van der Waals surface area contributed by atoms with E-state index in [2.05, 4.69) is 15.3 Å². The summed E-state index contributed by atoms with van der Waals surface area (Å²) in [5.74, 6) is 0.750. The second kappa shape index (κ2) is 10.2. The van der Waals surface area contributed by atoms with Crippen molar-refractivity contribution in [1.82, 2.24) is 14.9 Å². The van der Waals surface area contributed by atoms with Gasteiger partial charge in [-0.05, 0) is 34.9 Å². The normalized spacial score (nSPS) is 10.9. The Kier molecular flexibility index (Phi) is 6.75. The average Bonchev–Trinajstić information content (AvgIpc) is 3.18. The monoisotopic (exact) mass is 442 g/mol. The van der Waals surface area contributed by atoms with E-state index >= 15 is 0 Å². The Bertz CT molecular complexity index is 1310. The second-order valence-electron chi connectivity index (χ2n) is 7.21. The number of nitrogens with one attached hydrogen (secondary N) is 1. The van der Waals surface area contributed by atoms with Crippen LogP contribution in [0.25, 0.3) is 0 Å². The van der Waals surface area contributed by atoms with Crippen LogP contribution in [0, 0.1) is 0 Å². The summed E-state index contributed by atoms with van der Waals surface area (Å²) in [5, 5.41) is 10.8. The molecule has 33 heavy (non-hydrogen) atoms. The molecule has 0 aliphatic carbocycles. The SMILES string of the molecule is COc1ccc(/C=N/n2c(Cc3ccccc3)n[nH]c2=O)cc1OC(=O)Cc1ccccc1. The van der Waals surface area contributed by atoms with Gasteiger partial charge in [-0.2, -0.15) is 14.9 Å². The third-order valence-corrected chi connectivity index (χ3v) is 4.85. The molecule has 0 aliphatic heterocycles. The number of ether oxygens (including phenoxy) is 2. The van der Waals surface area contributed by atoms with E-state index < -0.39 is 11.7 Å². The highest BCUT2D eigenvalue weighted by Crippen LogP contribution is 2.28. The van der Waals surface area contributed by atoms with Gasteiger partial charge in [0, 0.05) is 6.42 Å². The molecule has 4 aromatic rings. The van der Waals surface area contributed by atoms with E-state index in [4.69, 9.17) is 9.47 Å². The molecule has 0 saturated carbocycles. The van der Waals surface area contributed by atoms with E-state index in [-0.39, 0.29) is 12.2 Å². The quantitative estimate of drug-likeness (QED) is 0.257. The van der Waals surface area contributed by atoms with Gasteiger partial charge in [0.1, 0.15) is 0 Å². The molecule has 1 N–H and O–H groups in total. The number of carbonyl (C=O) groups excluding carboxylic acids is 1. The van der Waals surface area contributed by atoms with Crippen LogP contribution in [0.2, 0.25) is 0 Å². The lowest BCUT2D eigenvalue weighted by Gasteiger charge is -2.10. The largest absolute Gasteiger partial charge is 0.493 e. The van der Waals surface area contributed by atoms with Crippen molar-refractivity contribution in [2.24, 2.45) is 5.10 Å². The summed E-state index contributed by atoms with van der Waals surface area (Å²) in [4.78, 5) is 24.6. The highest BCUT2D eigenvalue weighted by Gasteiger charge is 2.12. The molecule has 1 aromatic heterocycles. The molecule has 0 aliphatic rings. The van der Waals surface area contributed by atoms with Crippen LogP contribution in [-0.2, 0) is 17.6 Å². The van der Waals surface area contributed by atoms with Gasteiger partial charge in [-0.1, -0.05) is 60.7 Å². The number of esters is 1. The molecule has 0 fully saturated rings. The number of benzene rings is 3. The summed E-state index contributed by atoms with van der Waals surface area (Å²) < 4.78 is 12.1. The molecule has 0 spiro atoms. The summed E-state index contributed by atoms with van der Waals surface area (Å²) in [7, 11) is 1.50. The molecule has 3 aromatic carbocycles. The average molecular weight is 442 g/mol. The standard InChI is InChI=1S/C25H22N4O4/c1-32-21-13-12-20(14-22(21)33-24(30)16-19-10-6-3-7-11-19)17-26-29-23(27-28-25(29)31)15-18-8-4-2-5-9-18/h2-14,17H,15-16H2,1H3,(H,28,31)/b26-17+. The van der Waals surface area contributed by atoms with E-state index in [1.807, 2.05) is 60.7 Å². The molecule has 0 unspecified atom stereocenters. The first-order valence-corrected chi connectivity index (χ1v) is 10.3. The fourth-order valence-electron chi connectivity index (χ4n) is 3.24. The molecule has 8 nitrogen and oxygen atoms in total. The van der Waals surface area contributed by atoms with Crippen LogP contribution < -0.4 is 15.2 Å². The smallest absolute Gasteiger partial charge is 0.364 e. The predicted octanol–water partition coefficient (Wildman–Crippen LogP) is 3.20. The minimum absolute atomic E-state index is 0.134. The second-order valence-corrected chi connectivity index (χ2v) is 7.21. The number of carbonyl (C=O) groups is 1. The summed E-state index contributed by atoms with van der Waals surface area (Å²) in [6.45, 7) is 0. The molecule has 0 amide bonds. The first kappa shape index (κ1) is 21.8. The van der Waals surface area contributed by atoms with Crippen molar-refractivity contribution < 1.29 is 14.3 Å². The van der Waals surface area contributed by atoms with Gasteiger partial charge >= 0.3 is 11.7 Å². The number of aromatic nitrogens is 3. The van der Waals surface area contributed by atoms with Crippen LogP contribution in [0.1, 0.15) is 22.5 Å². The summed E-state index contributed by atoms with van der Waals surface area (Å²) in [6, 6.07) is 24.1. The molecule has 0 atom stereocenters. The first-order chi connectivity index (χ1) is 16.1. The number of nitrogens with zero attached hydrogens (tertiary/aromatic N) is 3. The lowest BCUT2D eigenvalue weighted by atomic mass is 10.1. The highest BCUT2D eigenvalue weighted by atomic mass is 16.6. The van der Waals surface area contributed by atoms with Gasteiger partial charge < -0.3 is 9.47 Å². The number of rotatable bonds is 8. The lowest BCUT2D eigenvalue weighted by Crippen LogP contribution is -2.15. The van der Waals surface area contributed by atoms with Crippen molar-refractivity contribution in [1.29, 1.82) is 0 Å². The van der Waals surface area contributed by atoms with Crippen molar-refractivity contribution in [2.75, 3.05) is 7.11 Å². The van der Waals surface area contributed by atoms with E-state index in [0.717, 1.165) is 11.1 Å². The van der Waals surface area contributed by atoms with Crippen LogP contribution >= 0.6 is 0 Å². The van der Waals surface area contributed by atoms with Crippen molar-refractivity contribution >= 4 is 12.2 Å². The van der Waals surface area contributed by atoms with Gasteiger partial charge in [-0.25, -0.2) is 9.89 Å². The molecule has 1 heterocycles. The van der Waals surface area contributed by atoms with Crippen molar-refractivity contribution in [2.45, 2.75) is 12.8 Å². The Labute approximate surface area is 190 Å². The zero-order chi connectivity index (χ0) is 23.0. The van der Waals surface area contributed by atoms with Crippen LogP contribution in [0.15, 0.2) is 88.8 Å². The van der Waals surface area contributed by atoms with Crippen molar-refractivity contribution in [3.05, 3.63) is 112 Å². The number of hydrogen-bond donors (Lipinski definition) is 1.